The van der Waals surface area contributed by atoms with Crippen molar-refractivity contribution in [2.24, 2.45) is 0 Å². The Morgan fingerprint density at radius 1 is 1.12 bits per heavy atom. The SMILES string of the molecule is O=C(O)c1ccc[n+](Cc2ccccc2)c1. The summed E-state index contributed by atoms with van der Waals surface area (Å²) in [5, 5.41) is 8.86. The van der Waals surface area contributed by atoms with Crippen molar-refractivity contribution in [1.82, 2.24) is 0 Å². The number of rotatable bonds is 3. The fourth-order valence-corrected chi connectivity index (χ4v) is 1.54. The summed E-state index contributed by atoms with van der Waals surface area (Å²) in [7, 11) is 0. The van der Waals surface area contributed by atoms with Gasteiger partial charge >= 0.3 is 5.97 Å². The average Bonchev–Trinajstić information content (AvgIpc) is 2.30. The van der Waals surface area contributed by atoms with E-state index in [0.717, 1.165) is 5.56 Å². The highest BCUT2D eigenvalue weighted by Crippen LogP contribution is 1.99. The zero-order valence-corrected chi connectivity index (χ0v) is 8.71. The van der Waals surface area contributed by atoms with Crippen LogP contribution in [0.3, 0.4) is 0 Å². The highest BCUT2D eigenvalue weighted by Gasteiger charge is 2.08. The highest BCUT2D eigenvalue weighted by molar-refractivity contribution is 5.86. The van der Waals surface area contributed by atoms with E-state index < -0.39 is 5.97 Å². The third-order valence-corrected chi connectivity index (χ3v) is 2.31. The molecule has 0 amide bonds. The van der Waals surface area contributed by atoms with Gasteiger partial charge in [0.2, 0.25) is 0 Å². The molecule has 80 valence electrons. The predicted molar refractivity (Wildman–Crippen MR) is 59.1 cm³/mol. The van der Waals surface area contributed by atoms with Crippen molar-refractivity contribution in [1.29, 1.82) is 0 Å². The standard InChI is InChI=1S/C13H11NO2/c15-13(16)12-7-4-8-14(10-12)9-11-5-2-1-3-6-11/h1-8,10H,9H2/p+1. The first-order chi connectivity index (χ1) is 7.75. The Kier molecular flexibility index (Phi) is 2.96. The molecular formula is C13H12NO2+. The van der Waals surface area contributed by atoms with Crippen molar-refractivity contribution in [3.05, 3.63) is 66.0 Å². The number of pyridine rings is 1. The van der Waals surface area contributed by atoms with Crippen LogP contribution in [-0.2, 0) is 6.54 Å². The van der Waals surface area contributed by atoms with Crippen LogP contribution in [0.25, 0.3) is 0 Å². The van der Waals surface area contributed by atoms with Gasteiger partial charge in [-0.1, -0.05) is 30.3 Å². The molecule has 1 heterocycles. The minimum absolute atomic E-state index is 0.304. The Balaban J connectivity index is 2.22. The van der Waals surface area contributed by atoms with Gasteiger partial charge in [-0.15, -0.1) is 0 Å². The third-order valence-electron chi connectivity index (χ3n) is 2.31. The van der Waals surface area contributed by atoms with Crippen molar-refractivity contribution in [2.45, 2.75) is 6.54 Å². The summed E-state index contributed by atoms with van der Waals surface area (Å²) in [5.74, 6) is -0.901. The molecule has 1 aromatic heterocycles. The lowest BCUT2D eigenvalue weighted by molar-refractivity contribution is -0.688. The van der Waals surface area contributed by atoms with Crippen LogP contribution in [0.4, 0.5) is 0 Å². The third kappa shape index (κ3) is 2.45. The van der Waals surface area contributed by atoms with Crippen molar-refractivity contribution < 1.29 is 14.5 Å². The molecule has 0 spiro atoms. The molecule has 0 aliphatic rings. The first-order valence-electron chi connectivity index (χ1n) is 5.02. The molecule has 1 N–H and O–H groups in total. The molecule has 0 unspecified atom stereocenters. The summed E-state index contributed by atoms with van der Waals surface area (Å²) in [6.45, 7) is 0.682. The lowest BCUT2D eigenvalue weighted by atomic mass is 10.2. The molecule has 2 rings (SSSR count). The van der Waals surface area contributed by atoms with Crippen LogP contribution in [0.2, 0.25) is 0 Å². The maximum atomic E-state index is 10.8. The number of aromatic carboxylic acids is 1. The van der Waals surface area contributed by atoms with Crippen LogP contribution in [0.5, 0.6) is 0 Å². The van der Waals surface area contributed by atoms with Crippen molar-refractivity contribution >= 4 is 5.97 Å². The molecule has 0 bridgehead atoms. The second-order valence-corrected chi connectivity index (χ2v) is 3.56. The van der Waals surface area contributed by atoms with E-state index in [4.69, 9.17) is 5.11 Å². The lowest BCUT2D eigenvalue weighted by Gasteiger charge is -1.98. The number of benzene rings is 1. The molecule has 0 aliphatic heterocycles. The molecule has 3 nitrogen and oxygen atoms in total. The van der Waals surface area contributed by atoms with E-state index in [9.17, 15) is 4.79 Å². The minimum atomic E-state index is -0.901. The summed E-state index contributed by atoms with van der Waals surface area (Å²) >= 11 is 0. The van der Waals surface area contributed by atoms with Gasteiger partial charge in [-0.3, -0.25) is 0 Å². The van der Waals surface area contributed by atoms with Gasteiger partial charge in [-0.05, 0) is 6.07 Å². The van der Waals surface area contributed by atoms with Crippen molar-refractivity contribution in [2.75, 3.05) is 0 Å². The minimum Gasteiger partial charge on any atom is -0.477 e. The van der Waals surface area contributed by atoms with Gasteiger partial charge in [0.1, 0.15) is 5.56 Å². The number of carboxylic acids is 1. The Labute approximate surface area is 93.6 Å². The summed E-state index contributed by atoms with van der Waals surface area (Å²) in [4.78, 5) is 10.8. The summed E-state index contributed by atoms with van der Waals surface area (Å²) < 4.78 is 1.86. The summed E-state index contributed by atoms with van der Waals surface area (Å²) in [6.07, 6.45) is 3.49. The van der Waals surface area contributed by atoms with Gasteiger partial charge in [0.05, 0.1) is 0 Å². The molecule has 0 saturated carbocycles. The predicted octanol–water partition coefficient (Wildman–Crippen LogP) is 1.72. The Bertz CT molecular complexity index is 494. The Morgan fingerprint density at radius 3 is 2.56 bits per heavy atom. The Hall–Kier alpha value is -2.16. The van der Waals surface area contributed by atoms with Crippen molar-refractivity contribution in [3.63, 3.8) is 0 Å². The lowest BCUT2D eigenvalue weighted by Crippen LogP contribution is -2.34. The van der Waals surface area contributed by atoms with Crippen molar-refractivity contribution in [3.8, 4) is 0 Å². The van der Waals surface area contributed by atoms with Gasteiger partial charge in [-0.25, -0.2) is 4.79 Å². The van der Waals surface area contributed by atoms with E-state index in [0.29, 0.717) is 12.1 Å². The number of aromatic nitrogens is 1. The number of nitrogens with zero attached hydrogens (tertiary/aromatic N) is 1. The van der Waals surface area contributed by atoms with E-state index >= 15 is 0 Å². The number of hydrogen-bond donors (Lipinski definition) is 1. The molecular weight excluding hydrogens is 202 g/mol. The van der Waals surface area contributed by atoms with Gasteiger partial charge < -0.3 is 5.11 Å². The molecule has 0 radical (unpaired) electrons. The van der Waals surface area contributed by atoms with Crippen LogP contribution < -0.4 is 4.57 Å². The monoisotopic (exact) mass is 214 g/mol. The number of carbonyl (C=O) groups is 1. The van der Waals surface area contributed by atoms with Crippen LogP contribution in [0.1, 0.15) is 15.9 Å². The first kappa shape index (κ1) is 10.4. The zero-order chi connectivity index (χ0) is 11.4. The molecule has 0 aliphatic carbocycles. The average molecular weight is 214 g/mol. The van der Waals surface area contributed by atoms with Crippen LogP contribution >= 0.6 is 0 Å². The van der Waals surface area contributed by atoms with Crippen LogP contribution in [0, 0.1) is 0 Å². The largest absolute Gasteiger partial charge is 0.477 e. The summed E-state index contributed by atoms with van der Waals surface area (Å²) in [5.41, 5.74) is 1.45. The second kappa shape index (κ2) is 4.57. The quantitative estimate of drug-likeness (QED) is 0.790. The number of hydrogen-bond acceptors (Lipinski definition) is 1. The summed E-state index contributed by atoms with van der Waals surface area (Å²) in [6, 6.07) is 13.3. The molecule has 0 saturated heterocycles. The van der Waals surface area contributed by atoms with E-state index in [-0.39, 0.29) is 0 Å². The fraction of sp³-hybridized carbons (Fsp3) is 0.0769. The smallest absolute Gasteiger partial charge is 0.341 e. The van der Waals surface area contributed by atoms with Gasteiger partial charge in [0, 0.05) is 11.6 Å². The number of carboxylic acid groups (broad SMARTS) is 1. The molecule has 0 fully saturated rings. The molecule has 16 heavy (non-hydrogen) atoms. The molecule has 3 heteroatoms. The molecule has 2 aromatic rings. The normalized spacial score (nSPS) is 10.0. The maximum absolute atomic E-state index is 10.8. The topological polar surface area (TPSA) is 41.2 Å². The second-order valence-electron chi connectivity index (χ2n) is 3.56. The maximum Gasteiger partial charge on any atom is 0.341 e. The highest BCUT2D eigenvalue weighted by atomic mass is 16.4. The molecule has 1 aromatic carbocycles. The van der Waals surface area contributed by atoms with E-state index in [1.54, 1.807) is 18.3 Å². The zero-order valence-electron chi connectivity index (χ0n) is 8.71. The van der Waals surface area contributed by atoms with Gasteiger partial charge in [0.25, 0.3) is 0 Å². The fourth-order valence-electron chi connectivity index (χ4n) is 1.54. The van der Waals surface area contributed by atoms with Crippen LogP contribution in [-0.4, -0.2) is 11.1 Å². The van der Waals surface area contributed by atoms with E-state index in [1.807, 2.05) is 41.1 Å². The Morgan fingerprint density at radius 2 is 1.88 bits per heavy atom. The van der Waals surface area contributed by atoms with Gasteiger partial charge in [-0.2, -0.15) is 4.57 Å². The van der Waals surface area contributed by atoms with E-state index in [1.165, 1.54) is 0 Å². The van der Waals surface area contributed by atoms with E-state index in [2.05, 4.69) is 0 Å². The molecule has 0 atom stereocenters. The van der Waals surface area contributed by atoms with Crippen LogP contribution in [0.15, 0.2) is 54.9 Å². The first-order valence-corrected chi connectivity index (χ1v) is 5.02. The van der Waals surface area contributed by atoms with Gasteiger partial charge in [0.15, 0.2) is 18.9 Å².